The molecule has 4 nitrogen and oxygen atoms in total. The van der Waals surface area contributed by atoms with E-state index in [1.165, 1.54) is 28.0 Å². The van der Waals surface area contributed by atoms with Gasteiger partial charge in [0.05, 0.1) is 17.6 Å². The van der Waals surface area contributed by atoms with Crippen LogP contribution in [0.5, 0.6) is 5.75 Å². The molecule has 1 aliphatic heterocycles. The summed E-state index contributed by atoms with van der Waals surface area (Å²) in [5.41, 5.74) is 1.62. The van der Waals surface area contributed by atoms with Gasteiger partial charge in [0, 0.05) is 16.7 Å². The van der Waals surface area contributed by atoms with Crippen LogP contribution in [0.25, 0.3) is 5.57 Å². The molecule has 0 radical (unpaired) electrons. The minimum atomic E-state index is -0.186. The summed E-state index contributed by atoms with van der Waals surface area (Å²) in [6.45, 7) is 4.43. The number of rotatable bonds is 7. The minimum Gasteiger partial charge on any atom is -0.497 e. The van der Waals surface area contributed by atoms with Gasteiger partial charge < -0.3 is 4.74 Å². The van der Waals surface area contributed by atoms with Crippen LogP contribution in [0.3, 0.4) is 0 Å². The Labute approximate surface area is 161 Å². The van der Waals surface area contributed by atoms with Crippen LogP contribution in [-0.2, 0) is 16.0 Å². The van der Waals surface area contributed by atoms with Crippen molar-refractivity contribution in [1.82, 2.24) is 4.90 Å². The number of ether oxygens (including phenoxy) is 1. The molecule has 1 aromatic heterocycles. The van der Waals surface area contributed by atoms with E-state index in [1.807, 2.05) is 55.6 Å². The Morgan fingerprint density at radius 2 is 1.85 bits per heavy atom. The monoisotopic (exact) mass is 387 g/mol. The van der Waals surface area contributed by atoms with E-state index in [1.54, 1.807) is 7.11 Å². The quantitative estimate of drug-likeness (QED) is 0.668. The molecular formula is C20H21NO3S2. The second-order valence-electron chi connectivity index (χ2n) is 6.21. The lowest BCUT2D eigenvalue weighted by atomic mass is 10.1. The van der Waals surface area contributed by atoms with Gasteiger partial charge in [-0.25, -0.2) is 0 Å². The van der Waals surface area contributed by atoms with E-state index in [-0.39, 0.29) is 17.1 Å². The number of imide groups is 1. The van der Waals surface area contributed by atoms with Crippen LogP contribution in [0, 0.1) is 0 Å². The molecule has 0 unspecified atom stereocenters. The molecule has 0 bridgehead atoms. The average Bonchev–Trinajstić information content (AvgIpc) is 3.22. The van der Waals surface area contributed by atoms with Crippen LogP contribution in [0.1, 0.15) is 24.3 Å². The number of carbonyl (C=O) groups is 2. The average molecular weight is 388 g/mol. The summed E-state index contributed by atoms with van der Waals surface area (Å²) in [7, 11) is 1.63. The molecule has 1 aliphatic rings. The Bertz CT molecular complexity index is 823. The molecule has 2 heterocycles. The number of nitrogens with zero attached hydrogens (tertiary/aromatic N) is 1. The van der Waals surface area contributed by atoms with Crippen molar-refractivity contribution in [2.75, 3.05) is 13.7 Å². The van der Waals surface area contributed by atoms with E-state index < -0.39 is 0 Å². The van der Waals surface area contributed by atoms with Gasteiger partial charge in [0.25, 0.3) is 11.8 Å². The molecule has 2 amide bonds. The van der Waals surface area contributed by atoms with E-state index in [9.17, 15) is 9.59 Å². The third kappa shape index (κ3) is 3.86. The van der Waals surface area contributed by atoms with Gasteiger partial charge in [0.1, 0.15) is 5.75 Å². The zero-order valence-electron chi connectivity index (χ0n) is 15.0. The van der Waals surface area contributed by atoms with Crippen molar-refractivity contribution in [3.8, 4) is 5.75 Å². The largest absolute Gasteiger partial charge is 0.497 e. The maximum Gasteiger partial charge on any atom is 0.268 e. The third-order valence-corrected chi connectivity index (χ3v) is 6.00. The molecule has 6 heteroatoms. The normalized spacial score (nSPS) is 14.7. The van der Waals surface area contributed by atoms with Gasteiger partial charge in [-0.1, -0.05) is 32.0 Å². The van der Waals surface area contributed by atoms with Gasteiger partial charge in [-0.15, -0.1) is 23.1 Å². The highest BCUT2D eigenvalue weighted by Gasteiger charge is 2.39. The first-order chi connectivity index (χ1) is 12.5. The van der Waals surface area contributed by atoms with Crippen LogP contribution in [0.2, 0.25) is 0 Å². The first kappa shape index (κ1) is 18.7. The van der Waals surface area contributed by atoms with Crippen molar-refractivity contribution in [3.05, 3.63) is 57.1 Å². The first-order valence-electron chi connectivity index (χ1n) is 8.45. The molecule has 2 aromatic rings. The van der Waals surface area contributed by atoms with Crippen molar-refractivity contribution in [2.45, 2.75) is 25.5 Å². The van der Waals surface area contributed by atoms with Crippen molar-refractivity contribution in [2.24, 2.45) is 0 Å². The fourth-order valence-corrected chi connectivity index (χ4v) is 4.60. The van der Waals surface area contributed by atoms with Gasteiger partial charge in [0.2, 0.25) is 0 Å². The van der Waals surface area contributed by atoms with Crippen LogP contribution >= 0.6 is 23.1 Å². The number of thioether (sulfide) groups is 1. The van der Waals surface area contributed by atoms with Crippen molar-refractivity contribution in [3.63, 3.8) is 0 Å². The SMILES string of the molecule is COc1ccc(CCN2C(=O)C(SC(C)C)=C(c3cccs3)C2=O)cc1. The molecule has 136 valence electrons. The summed E-state index contributed by atoms with van der Waals surface area (Å²) < 4.78 is 5.16. The Morgan fingerprint density at radius 1 is 1.12 bits per heavy atom. The van der Waals surface area contributed by atoms with Crippen LogP contribution < -0.4 is 4.74 Å². The Kier molecular flexibility index (Phi) is 5.84. The highest BCUT2D eigenvalue weighted by Crippen LogP contribution is 2.39. The second-order valence-corrected chi connectivity index (χ2v) is 8.74. The molecular weight excluding hydrogens is 366 g/mol. The summed E-state index contributed by atoms with van der Waals surface area (Å²) in [6.07, 6.45) is 0.624. The molecule has 0 N–H and O–H groups in total. The van der Waals surface area contributed by atoms with E-state index >= 15 is 0 Å². The number of hydrogen-bond donors (Lipinski definition) is 0. The standard InChI is InChI=1S/C20H21NO3S2/c1-13(2)26-18-17(16-5-4-12-25-16)19(22)21(20(18)23)11-10-14-6-8-15(24-3)9-7-14/h4-9,12-13H,10-11H2,1-3H3. The summed E-state index contributed by atoms with van der Waals surface area (Å²) in [6, 6.07) is 11.5. The van der Waals surface area contributed by atoms with Gasteiger partial charge in [-0.2, -0.15) is 0 Å². The van der Waals surface area contributed by atoms with E-state index in [0.717, 1.165) is 16.2 Å². The first-order valence-corrected chi connectivity index (χ1v) is 10.2. The molecule has 0 atom stereocenters. The molecule has 0 saturated heterocycles. The summed E-state index contributed by atoms with van der Waals surface area (Å²) in [5, 5.41) is 2.16. The van der Waals surface area contributed by atoms with Crippen molar-refractivity contribution >= 4 is 40.5 Å². The Balaban J connectivity index is 1.79. The molecule has 0 saturated carbocycles. The highest BCUT2D eigenvalue weighted by molar-refractivity contribution is 8.04. The molecule has 0 aliphatic carbocycles. The van der Waals surface area contributed by atoms with E-state index in [0.29, 0.717) is 23.4 Å². The summed E-state index contributed by atoms with van der Waals surface area (Å²) in [4.78, 5) is 28.6. The number of hydrogen-bond acceptors (Lipinski definition) is 5. The topological polar surface area (TPSA) is 46.6 Å². The third-order valence-electron chi connectivity index (χ3n) is 4.03. The summed E-state index contributed by atoms with van der Waals surface area (Å²) >= 11 is 2.96. The molecule has 1 aromatic carbocycles. The number of methoxy groups -OCH3 is 1. The van der Waals surface area contributed by atoms with Crippen molar-refractivity contribution < 1.29 is 14.3 Å². The van der Waals surface area contributed by atoms with Gasteiger partial charge >= 0.3 is 0 Å². The lowest BCUT2D eigenvalue weighted by Gasteiger charge is -2.15. The molecule has 0 spiro atoms. The zero-order valence-corrected chi connectivity index (χ0v) is 16.7. The lowest BCUT2D eigenvalue weighted by molar-refractivity contribution is -0.136. The Morgan fingerprint density at radius 3 is 2.42 bits per heavy atom. The van der Waals surface area contributed by atoms with E-state index in [4.69, 9.17) is 4.74 Å². The number of thiophene rings is 1. The fourth-order valence-electron chi connectivity index (χ4n) is 2.77. The highest BCUT2D eigenvalue weighted by atomic mass is 32.2. The summed E-state index contributed by atoms with van der Waals surface area (Å²) in [5.74, 6) is 0.430. The second kappa shape index (κ2) is 8.10. The molecule has 26 heavy (non-hydrogen) atoms. The molecule has 0 fully saturated rings. The van der Waals surface area contributed by atoms with E-state index in [2.05, 4.69) is 0 Å². The smallest absolute Gasteiger partial charge is 0.268 e. The van der Waals surface area contributed by atoms with Gasteiger partial charge in [-0.3, -0.25) is 14.5 Å². The predicted octanol–water partition coefficient (Wildman–Crippen LogP) is 4.22. The minimum absolute atomic E-state index is 0.175. The Hall–Kier alpha value is -2.05. The van der Waals surface area contributed by atoms with Gasteiger partial charge in [0.15, 0.2) is 0 Å². The number of carbonyl (C=O) groups excluding carboxylic acids is 2. The predicted molar refractivity (Wildman–Crippen MR) is 107 cm³/mol. The number of amides is 2. The molecule has 3 rings (SSSR count). The maximum absolute atomic E-state index is 12.9. The van der Waals surface area contributed by atoms with Crippen LogP contribution in [0.15, 0.2) is 46.7 Å². The lowest BCUT2D eigenvalue weighted by Crippen LogP contribution is -2.33. The maximum atomic E-state index is 12.9. The van der Waals surface area contributed by atoms with Gasteiger partial charge in [-0.05, 0) is 35.6 Å². The number of benzene rings is 1. The fraction of sp³-hybridized carbons (Fsp3) is 0.300. The van der Waals surface area contributed by atoms with Crippen LogP contribution in [-0.4, -0.2) is 35.6 Å². The zero-order chi connectivity index (χ0) is 18.7. The van der Waals surface area contributed by atoms with Crippen LogP contribution in [0.4, 0.5) is 0 Å². The van der Waals surface area contributed by atoms with Crippen molar-refractivity contribution in [1.29, 1.82) is 0 Å².